The van der Waals surface area contributed by atoms with E-state index >= 15 is 0 Å². The minimum Gasteiger partial charge on any atom is -0.265 e. The topological polar surface area (TPSA) is 17.8 Å². The van der Waals surface area contributed by atoms with Crippen LogP contribution in [0.2, 0.25) is 0 Å². The van der Waals surface area contributed by atoms with E-state index in [2.05, 4.69) is 21.0 Å². The van der Waals surface area contributed by atoms with Crippen molar-refractivity contribution in [1.29, 1.82) is 0 Å². The standard InChI is InChI=1S/C13H13BrClFN2/c1-8-12(6-15)9(2)18(17-8)7-10-5-11(16)3-4-13(10)14/h3-5H,6-7H2,1-2H3. The average Bonchev–Trinajstić information content (AvgIpc) is 2.59. The molecule has 96 valence electrons. The number of aryl methyl sites for hydroxylation is 1. The number of hydrogen-bond donors (Lipinski definition) is 0. The van der Waals surface area contributed by atoms with Crippen LogP contribution in [0.15, 0.2) is 22.7 Å². The van der Waals surface area contributed by atoms with Crippen molar-refractivity contribution in [3.8, 4) is 0 Å². The molecule has 0 aliphatic rings. The fourth-order valence-electron chi connectivity index (χ4n) is 1.91. The molecule has 1 aromatic carbocycles. The second-order valence-electron chi connectivity index (χ2n) is 4.18. The van der Waals surface area contributed by atoms with E-state index < -0.39 is 0 Å². The Labute approximate surface area is 119 Å². The molecule has 1 aromatic heterocycles. The Morgan fingerprint density at radius 1 is 1.39 bits per heavy atom. The quantitative estimate of drug-likeness (QED) is 0.771. The Morgan fingerprint density at radius 3 is 2.72 bits per heavy atom. The molecule has 0 atom stereocenters. The molecular weight excluding hydrogens is 319 g/mol. The zero-order valence-electron chi connectivity index (χ0n) is 10.2. The van der Waals surface area contributed by atoms with Crippen LogP contribution in [0.25, 0.3) is 0 Å². The van der Waals surface area contributed by atoms with E-state index in [-0.39, 0.29) is 5.82 Å². The monoisotopic (exact) mass is 330 g/mol. The number of halogens is 3. The molecule has 0 aliphatic heterocycles. The van der Waals surface area contributed by atoms with Crippen LogP contribution >= 0.6 is 27.5 Å². The van der Waals surface area contributed by atoms with E-state index in [9.17, 15) is 4.39 Å². The molecule has 0 amide bonds. The lowest BCUT2D eigenvalue weighted by Gasteiger charge is -2.07. The molecule has 0 radical (unpaired) electrons. The smallest absolute Gasteiger partial charge is 0.123 e. The number of hydrogen-bond acceptors (Lipinski definition) is 1. The Hall–Kier alpha value is -0.870. The van der Waals surface area contributed by atoms with Gasteiger partial charge in [-0.15, -0.1) is 11.6 Å². The van der Waals surface area contributed by atoms with Crippen molar-refractivity contribution in [2.45, 2.75) is 26.3 Å². The first-order valence-corrected chi connectivity index (χ1v) is 6.88. The van der Waals surface area contributed by atoms with Gasteiger partial charge in [0.1, 0.15) is 5.82 Å². The molecule has 0 saturated carbocycles. The van der Waals surface area contributed by atoms with Gasteiger partial charge in [0.2, 0.25) is 0 Å². The van der Waals surface area contributed by atoms with Gasteiger partial charge in [0.15, 0.2) is 0 Å². The normalized spacial score (nSPS) is 10.9. The lowest BCUT2D eigenvalue weighted by Crippen LogP contribution is -2.05. The highest BCUT2D eigenvalue weighted by atomic mass is 79.9. The fourth-order valence-corrected chi connectivity index (χ4v) is 2.67. The first-order chi connectivity index (χ1) is 8.52. The maximum absolute atomic E-state index is 13.2. The van der Waals surface area contributed by atoms with Crippen LogP contribution < -0.4 is 0 Å². The Kier molecular flexibility index (Phi) is 4.07. The van der Waals surface area contributed by atoms with Crippen LogP contribution in [-0.2, 0) is 12.4 Å². The zero-order valence-corrected chi connectivity index (χ0v) is 12.5. The van der Waals surface area contributed by atoms with Crippen LogP contribution in [0.5, 0.6) is 0 Å². The van der Waals surface area contributed by atoms with Crippen molar-refractivity contribution in [2.75, 3.05) is 0 Å². The molecule has 0 aliphatic carbocycles. The Bertz CT molecular complexity index is 581. The number of aromatic nitrogens is 2. The summed E-state index contributed by atoms with van der Waals surface area (Å²) in [7, 11) is 0. The predicted octanol–water partition coefficient (Wildman–Crippen LogP) is 4.19. The van der Waals surface area contributed by atoms with Gasteiger partial charge in [0.25, 0.3) is 0 Å². The van der Waals surface area contributed by atoms with Crippen molar-refractivity contribution in [1.82, 2.24) is 9.78 Å². The lowest BCUT2D eigenvalue weighted by atomic mass is 10.2. The third-order valence-electron chi connectivity index (χ3n) is 2.99. The lowest BCUT2D eigenvalue weighted by molar-refractivity contribution is 0.614. The van der Waals surface area contributed by atoms with E-state index in [0.29, 0.717) is 12.4 Å². The summed E-state index contributed by atoms with van der Waals surface area (Å²) >= 11 is 9.31. The van der Waals surface area contributed by atoms with Crippen LogP contribution in [-0.4, -0.2) is 9.78 Å². The van der Waals surface area contributed by atoms with Gasteiger partial charge >= 0.3 is 0 Å². The van der Waals surface area contributed by atoms with Gasteiger partial charge in [-0.1, -0.05) is 15.9 Å². The van der Waals surface area contributed by atoms with Gasteiger partial charge in [-0.3, -0.25) is 4.68 Å². The van der Waals surface area contributed by atoms with Gasteiger partial charge in [-0.25, -0.2) is 4.39 Å². The highest BCUT2D eigenvalue weighted by molar-refractivity contribution is 9.10. The minimum atomic E-state index is -0.243. The van der Waals surface area contributed by atoms with Crippen LogP contribution in [0.4, 0.5) is 4.39 Å². The number of nitrogens with zero attached hydrogens (tertiary/aromatic N) is 2. The molecule has 5 heteroatoms. The molecule has 0 spiro atoms. The van der Waals surface area contributed by atoms with E-state index in [1.54, 1.807) is 6.07 Å². The Morgan fingerprint density at radius 2 is 2.11 bits per heavy atom. The third-order valence-corrected chi connectivity index (χ3v) is 4.03. The minimum absolute atomic E-state index is 0.243. The van der Waals surface area contributed by atoms with Crippen molar-refractivity contribution in [3.05, 3.63) is 51.0 Å². The SMILES string of the molecule is Cc1nn(Cc2cc(F)ccc2Br)c(C)c1CCl. The van der Waals surface area contributed by atoms with Crippen molar-refractivity contribution in [3.63, 3.8) is 0 Å². The van der Waals surface area contributed by atoms with E-state index in [1.807, 2.05) is 18.5 Å². The number of benzene rings is 1. The molecular formula is C13H13BrClFN2. The largest absolute Gasteiger partial charge is 0.265 e. The highest BCUT2D eigenvalue weighted by Crippen LogP contribution is 2.21. The molecule has 2 aromatic rings. The van der Waals surface area contributed by atoms with Gasteiger partial charge in [-0.05, 0) is 37.6 Å². The summed E-state index contributed by atoms with van der Waals surface area (Å²) in [5.74, 6) is 0.203. The van der Waals surface area contributed by atoms with Crippen LogP contribution in [0.3, 0.4) is 0 Å². The molecule has 2 nitrogen and oxygen atoms in total. The first-order valence-electron chi connectivity index (χ1n) is 5.55. The predicted molar refractivity (Wildman–Crippen MR) is 74.5 cm³/mol. The van der Waals surface area contributed by atoms with Crippen molar-refractivity contribution < 1.29 is 4.39 Å². The fraction of sp³-hybridized carbons (Fsp3) is 0.308. The third kappa shape index (κ3) is 2.59. The summed E-state index contributed by atoms with van der Waals surface area (Å²) < 4.78 is 16.0. The molecule has 2 rings (SSSR count). The van der Waals surface area contributed by atoms with E-state index in [0.717, 1.165) is 27.0 Å². The van der Waals surface area contributed by atoms with Crippen molar-refractivity contribution in [2.24, 2.45) is 0 Å². The summed E-state index contributed by atoms with van der Waals surface area (Å²) in [5, 5.41) is 4.44. The molecule has 0 saturated heterocycles. The molecule has 0 fully saturated rings. The summed E-state index contributed by atoms with van der Waals surface area (Å²) in [6, 6.07) is 4.65. The van der Waals surface area contributed by atoms with Gasteiger partial charge in [0.05, 0.1) is 18.1 Å². The Balaban J connectivity index is 2.37. The molecule has 1 heterocycles. The van der Waals surface area contributed by atoms with Gasteiger partial charge in [0, 0.05) is 15.7 Å². The second-order valence-corrected chi connectivity index (χ2v) is 5.30. The summed E-state index contributed by atoms with van der Waals surface area (Å²) in [6.07, 6.45) is 0. The molecule has 0 bridgehead atoms. The molecule has 0 N–H and O–H groups in total. The highest BCUT2D eigenvalue weighted by Gasteiger charge is 2.12. The summed E-state index contributed by atoms with van der Waals surface area (Å²) in [4.78, 5) is 0. The second kappa shape index (κ2) is 5.41. The van der Waals surface area contributed by atoms with Gasteiger partial charge in [-0.2, -0.15) is 5.10 Å². The number of rotatable bonds is 3. The summed E-state index contributed by atoms with van der Waals surface area (Å²) in [6.45, 7) is 4.44. The van der Waals surface area contributed by atoms with E-state index in [4.69, 9.17) is 11.6 Å². The maximum atomic E-state index is 13.2. The zero-order chi connectivity index (χ0) is 13.3. The van der Waals surface area contributed by atoms with Crippen LogP contribution in [0, 0.1) is 19.7 Å². The van der Waals surface area contributed by atoms with Gasteiger partial charge < -0.3 is 0 Å². The molecule has 18 heavy (non-hydrogen) atoms. The van der Waals surface area contributed by atoms with Crippen molar-refractivity contribution >= 4 is 27.5 Å². The number of alkyl halides is 1. The van der Waals surface area contributed by atoms with Crippen LogP contribution in [0.1, 0.15) is 22.5 Å². The first kappa shape index (κ1) is 13.6. The average molecular weight is 332 g/mol. The van der Waals surface area contributed by atoms with E-state index in [1.165, 1.54) is 12.1 Å². The maximum Gasteiger partial charge on any atom is 0.123 e. The molecule has 0 unspecified atom stereocenters. The summed E-state index contributed by atoms with van der Waals surface area (Å²) in [5.41, 5.74) is 3.86.